The topological polar surface area (TPSA) is 121 Å². The Bertz CT molecular complexity index is 1520. The molecule has 1 amide bonds. The number of sulfonamides is 1. The van der Waals surface area contributed by atoms with Gasteiger partial charge < -0.3 is 5.32 Å². The van der Waals surface area contributed by atoms with Crippen LogP contribution in [-0.2, 0) is 10.0 Å². The molecule has 8 nitrogen and oxygen atoms in total. The van der Waals surface area contributed by atoms with Crippen molar-refractivity contribution in [3.05, 3.63) is 106 Å². The highest BCUT2D eigenvalue weighted by Crippen LogP contribution is 2.23. The lowest BCUT2D eigenvalue weighted by molar-refractivity contribution is 0.102. The van der Waals surface area contributed by atoms with E-state index in [1.807, 2.05) is 0 Å². The van der Waals surface area contributed by atoms with Gasteiger partial charge in [-0.15, -0.1) is 0 Å². The van der Waals surface area contributed by atoms with Crippen LogP contribution in [0.2, 0.25) is 5.02 Å². The summed E-state index contributed by atoms with van der Waals surface area (Å²) in [5.74, 6) is -1.14. The number of amides is 1. The number of nitrogens with zero attached hydrogens (tertiary/aromatic N) is 1. The van der Waals surface area contributed by atoms with Crippen molar-refractivity contribution in [2.24, 2.45) is 0 Å². The molecule has 0 saturated carbocycles. The SMILES string of the molecule is O=C(Nc1cccc(-c2ccc(=O)[nH]n2)c1)c1ccc(NS(=O)(=O)c2ccc(F)c(Cl)c2)cc1. The molecule has 4 rings (SSSR count). The number of H-pyrrole nitrogens is 1. The van der Waals surface area contributed by atoms with E-state index < -0.39 is 21.7 Å². The normalized spacial score (nSPS) is 11.1. The van der Waals surface area contributed by atoms with E-state index in [2.05, 4.69) is 20.2 Å². The minimum atomic E-state index is -4.00. The third kappa shape index (κ3) is 5.30. The van der Waals surface area contributed by atoms with Crippen LogP contribution < -0.4 is 15.6 Å². The van der Waals surface area contributed by atoms with Gasteiger partial charge in [-0.3, -0.25) is 14.3 Å². The van der Waals surface area contributed by atoms with Gasteiger partial charge in [-0.2, -0.15) is 5.10 Å². The second-order valence-corrected chi connectivity index (χ2v) is 9.19. The Labute approximate surface area is 198 Å². The number of halogens is 2. The molecule has 0 aliphatic heterocycles. The summed E-state index contributed by atoms with van der Waals surface area (Å²) in [5, 5.41) is 8.77. The van der Waals surface area contributed by atoms with Gasteiger partial charge in [0.1, 0.15) is 5.82 Å². The number of hydrogen-bond acceptors (Lipinski definition) is 5. The molecule has 34 heavy (non-hydrogen) atoms. The second-order valence-electron chi connectivity index (χ2n) is 7.10. The molecule has 3 N–H and O–H groups in total. The Morgan fingerprint density at radius 2 is 1.71 bits per heavy atom. The summed E-state index contributed by atoms with van der Waals surface area (Å²) in [7, 11) is -4.00. The highest BCUT2D eigenvalue weighted by atomic mass is 35.5. The van der Waals surface area contributed by atoms with E-state index in [0.717, 1.165) is 18.2 Å². The van der Waals surface area contributed by atoms with E-state index in [1.54, 1.807) is 30.3 Å². The van der Waals surface area contributed by atoms with Crippen LogP contribution in [0.4, 0.5) is 15.8 Å². The molecule has 3 aromatic carbocycles. The van der Waals surface area contributed by atoms with Crippen molar-refractivity contribution in [2.45, 2.75) is 4.90 Å². The Morgan fingerprint density at radius 1 is 0.941 bits per heavy atom. The maximum absolute atomic E-state index is 13.3. The van der Waals surface area contributed by atoms with Gasteiger partial charge in [0.25, 0.3) is 21.5 Å². The van der Waals surface area contributed by atoms with Gasteiger partial charge in [-0.1, -0.05) is 23.7 Å². The Balaban J connectivity index is 1.46. The van der Waals surface area contributed by atoms with Crippen LogP contribution >= 0.6 is 11.6 Å². The maximum Gasteiger partial charge on any atom is 0.264 e. The Morgan fingerprint density at radius 3 is 2.38 bits per heavy atom. The highest BCUT2D eigenvalue weighted by Gasteiger charge is 2.16. The zero-order valence-corrected chi connectivity index (χ0v) is 18.8. The standard InChI is InChI=1S/C23H16ClFN4O4S/c24-19-13-18(8-9-20(19)25)34(32,33)29-16-6-4-14(5-7-16)23(31)26-17-3-1-2-15(12-17)21-10-11-22(30)28-27-21/h1-13,29H,(H,26,31)(H,28,30). The molecule has 1 aromatic heterocycles. The van der Waals surface area contributed by atoms with E-state index in [1.165, 1.54) is 30.3 Å². The number of aromatic nitrogens is 2. The lowest BCUT2D eigenvalue weighted by atomic mass is 10.1. The first-order chi connectivity index (χ1) is 16.2. The van der Waals surface area contributed by atoms with Crippen LogP contribution in [0.25, 0.3) is 11.3 Å². The number of hydrogen-bond donors (Lipinski definition) is 3. The summed E-state index contributed by atoms with van der Waals surface area (Å²) < 4.78 is 40.7. The molecule has 4 aromatic rings. The minimum Gasteiger partial charge on any atom is -0.322 e. The van der Waals surface area contributed by atoms with Crippen molar-refractivity contribution in [2.75, 3.05) is 10.0 Å². The number of aromatic amines is 1. The van der Waals surface area contributed by atoms with Crippen molar-refractivity contribution in [1.82, 2.24) is 10.2 Å². The average molecular weight is 499 g/mol. The molecular weight excluding hydrogens is 483 g/mol. The van der Waals surface area contributed by atoms with Crippen LogP contribution in [0, 0.1) is 5.82 Å². The summed E-state index contributed by atoms with van der Waals surface area (Å²) in [6.07, 6.45) is 0. The lowest BCUT2D eigenvalue weighted by Crippen LogP contribution is -2.14. The molecule has 11 heteroatoms. The van der Waals surface area contributed by atoms with E-state index in [9.17, 15) is 22.4 Å². The molecule has 0 radical (unpaired) electrons. The van der Waals surface area contributed by atoms with Gasteiger partial charge >= 0.3 is 0 Å². The van der Waals surface area contributed by atoms with E-state index in [0.29, 0.717) is 22.5 Å². The largest absolute Gasteiger partial charge is 0.322 e. The van der Waals surface area contributed by atoms with Crippen molar-refractivity contribution in [1.29, 1.82) is 0 Å². The predicted octanol–water partition coefficient (Wildman–Crippen LogP) is 4.28. The number of nitrogens with one attached hydrogen (secondary N) is 3. The fourth-order valence-electron chi connectivity index (χ4n) is 3.01. The summed E-state index contributed by atoms with van der Waals surface area (Å²) in [6.45, 7) is 0. The van der Waals surface area contributed by atoms with Gasteiger partial charge in [0.15, 0.2) is 0 Å². The summed E-state index contributed by atoms with van der Waals surface area (Å²) in [6, 6.07) is 18.7. The molecule has 0 atom stereocenters. The first kappa shape index (κ1) is 23.1. The average Bonchev–Trinajstić information content (AvgIpc) is 2.81. The molecule has 172 valence electrons. The van der Waals surface area contributed by atoms with Crippen LogP contribution in [0.1, 0.15) is 10.4 Å². The van der Waals surface area contributed by atoms with Crippen LogP contribution in [0.3, 0.4) is 0 Å². The van der Waals surface area contributed by atoms with Gasteiger partial charge in [0.05, 0.1) is 15.6 Å². The van der Waals surface area contributed by atoms with E-state index in [-0.39, 0.29) is 21.2 Å². The first-order valence-corrected chi connectivity index (χ1v) is 11.6. The van der Waals surface area contributed by atoms with E-state index >= 15 is 0 Å². The summed E-state index contributed by atoms with van der Waals surface area (Å²) in [5.41, 5.74) is 1.92. The third-order valence-corrected chi connectivity index (χ3v) is 6.36. The van der Waals surface area contributed by atoms with Gasteiger partial charge in [0.2, 0.25) is 0 Å². The molecule has 0 fully saturated rings. The molecule has 0 unspecified atom stereocenters. The van der Waals surface area contributed by atoms with Crippen molar-refractivity contribution in [3.63, 3.8) is 0 Å². The maximum atomic E-state index is 13.3. The number of carbonyl (C=O) groups excluding carboxylic acids is 1. The third-order valence-electron chi connectivity index (χ3n) is 4.70. The number of carbonyl (C=O) groups is 1. The van der Waals surface area contributed by atoms with Gasteiger partial charge in [-0.05, 0) is 60.7 Å². The molecule has 0 bridgehead atoms. The zero-order valence-electron chi connectivity index (χ0n) is 17.2. The quantitative estimate of drug-likeness (QED) is 0.366. The number of anilines is 2. The number of benzene rings is 3. The second kappa shape index (κ2) is 9.46. The van der Waals surface area contributed by atoms with Crippen LogP contribution in [0.15, 0.2) is 88.6 Å². The fraction of sp³-hybridized carbons (Fsp3) is 0. The Kier molecular flexibility index (Phi) is 6.44. The minimum absolute atomic E-state index is 0.197. The van der Waals surface area contributed by atoms with Crippen molar-refractivity contribution < 1.29 is 17.6 Å². The molecule has 0 saturated heterocycles. The van der Waals surface area contributed by atoms with Crippen LogP contribution in [0.5, 0.6) is 0 Å². The molecular formula is C23H16ClFN4O4S. The zero-order chi connectivity index (χ0) is 24.3. The predicted molar refractivity (Wildman–Crippen MR) is 127 cm³/mol. The Hall–Kier alpha value is -4.02. The monoisotopic (exact) mass is 498 g/mol. The smallest absolute Gasteiger partial charge is 0.264 e. The summed E-state index contributed by atoms with van der Waals surface area (Å²) in [4.78, 5) is 23.6. The van der Waals surface area contributed by atoms with Gasteiger partial charge in [0, 0.05) is 28.6 Å². The summed E-state index contributed by atoms with van der Waals surface area (Å²) >= 11 is 5.67. The number of rotatable bonds is 6. The van der Waals surface area contributed by atoms with Crippen LogP contribution in [-0.4, -0.2) is 24.5 Å². The molecule has 0 aliphatic carbocycles. The van der Waals surface area contributed by atoms with Gasteiger partial charge in [-0.25, -0.2) is 17.9 Å². The molecule has 0 spiro atoms. The van der Waals surface area contributed by atoms with E-state index in [4.69, 9.17) is 11.6 Å². The highest BCUT2D eigenvalue weighted by molar-refractivity contribution is 7.92. The molecule has 1 heterocycles. The van der Waals surface area contributed by atoms with Crippen molar-refractivity contribution in [3.8, 4) is 11.3 Å². The fourth-order valence-corrected chi connectivity index (χ4v) is 4.34. The van der Waals surface area contributed by atoms with Crippen molar-refractivity contribution >= 4 is 38.9 Å². The first-order valence-electron chi connectivity index (χ1n) is 9.77. The molecule has 0 aliphatic rings. The lowest BCUT2D eigenvalue weighted by Gasteiger charge is -2.10.